The van der Waals surface area contributed by atoms with Crippen molar-refractivity contribution in [2.75, 3.05) is 6.54 Å². The lowest BCUT2D eigenvalue weighted by molar-refractivity contribution is -0.167. The topological polar surface area (TPSA) is 66.5 Å². The SMILES string of the molecule is CCC(O)(O)CCCCCCCCCCCCCCCCCCN.Cl. The predicted molar refractivity (Wildman–Crippen MR) is 112 cm³/mol. The molecule has 0 radical (unpaired) electrons. The lowest BCUT2D eigenvalue weighted by Gasteiger charge is -2.19. The summed E-state index contributed by atoms with van der Waals surface area (Å²) in [5, 5.41) is 19.0. The molecule has 0 heterocycles. The molecule has 25 heavy (non-hydrogen) atoms. The van der Waals surface area contributed by atoms with Crippen molar-refractivity contribution in [1.82, 2.24) is 0 Å². The fourth-order valence-electron chi connectivity index (χ4n) is 3.20. The second-order valence-corrected chi connectivity index (χ2v) is 7.53. The van der Waals surface area contributed by atoms with E-state index in [0.29, 0.717) is 12.8 Å². The Hall–Kier alpha value is 0.170. The zero-order valence-electron chi connectivity index (χ0n) is 16.8. The minimum atomic E-state index is -1.43. The average molecular weight is 380 g/mol. The second-order valence-electron chi connectivity index (χ2n) is 7.53. The van der Waals surface area contributed by atoms with Gasteiger partial charge in [0.2, 0.25) is 0 Å². The van der Waals surface area contributed by atoms with Gasteiger partial charge in [0.05, 0.1) is 0 Å². The number of hydrogen-bond donors (Lipinski definition) is 3. The van der Waals surface area contributed by atoms with E-state index in [0.717, 1.165) is 19.4 Å². The van der Waals surface area contributed by atoms with Crippen molar-refractivity contribution in [3.8, 4) is 0 Å². The number of rotatable bonds is 19. The lowest BCUT2D eigenvalue weighted by atomic mass is 10.0. The molecule has 0 amide bonds. The molecule has 0 aromatic carbocycles. The first-order chi connectivity index (χ1) is 11.6. The third-order valence-electron chi connectivity index (χ3n) is 5.10. The minimum absolute atomic E-state index is 0. The van der Waals surface area contributed by atoms with Crippen LogP contribution in [-0.2, 0) is 0 Å². The zero-order chi connectivity index (χ0) is 17.9. The largest absolute Gasteiger partial charge is 0.366 e. The Morgan fingerprint density at radius 3 is 1.12 bits per heavy atom. The Balaban J connectivity index is 0. The Kier molecular flexibility index (Phi) is 22.4. The van der Waals surface area contributed by atoms with Crippen LogP contribution in [0.1, 0.15) is 122 Å². The molecule has 0 aromatic rings. The van der Waals surface area contributed by atoms with Gasteiger partial charge in [-0.05, 0) is 25.8 Å². The van der Waals surface area contributed by atoms with Crippen molar-refractivity contribution < 1.29 is 10.2 Å². The molecule has 0 aliphatic rings. The van der Waals surface area contributed by atoms with Crippen molar-refractivity contribution in [1.29, 1.82) is 0 Å². The van der Waals surface area contributed by atoms with Crippen LogP contribution in [0.2, 0.25) is 0 Å². The maximum absolute atomic E-state index is 9.50. The highest BCUT2D eigenvalue weighted by atomic mass is 35.5. The summed E-state index contributed by atoms with van der Waals surface area (Å²) in [7, 11) is 0. The third kappa shape index (κ3) is 22.1. The Labute approximate surface area is 163 Å². The van der Waals surface area contributed by atoms with E-state index >= 15 is 0 Å². The van der Waals surface area contributed by atoms with Gasteiger partial charge in [-0.1, -0.05) is 96.8 Å². The standard InChI is InChI=1S/C21H45NO2.ClH/c1-2-21(23,24)19-17-15-13-11-9-7-5-3-4-6-8-10-12-14-16-18-20-22;/h23-24H,2-20,22H2,1H3;1H. The molecule has 3 nitrogen and oxygen atoms in total. The summed E-state index contributed by atoms with van der Waals surface area (Å²) in [6.07, 6.45) is 22.0. The molecule has 0 unspecified atom stereocenters. The van der Waals surface area contributed by atoms with E-state index in [-0.39, 0.29) is 12.4 Å². The zero-order valence-corrected chi connectivity index (χ0v) is 17.6. The lowest BCUT2D eigenvalue weighted by Crippen LogP contribution is -2.26. The van der Waals surface area contributed by atoms with Crippen LogP contribution in [0.4, 0.5) is 0 Å². The minimum Gasteiger partial charge on any atom is -0.366 e. The van der Waals surface area contributed by atoms with Crippen LogP contribution in [0.3, 0.4) is 0 Å². The number of nitrogens with two attached hydrogens (primary N) is 1. The Bertz CT molecular complexity index is 250. The first kappa shape index (κ1) is 27.4. The summed E-state index contributed by atoms with van der Waals surface area (Å²) >= 11 is 0. The molecule has 154 valence electrons. The van der Waals surface area contributed by atoms with Gasteiger partial charge in [0, 0.05) is 6.42 Å². The van der Waals surface area contributed by atoms with Gasteiger partial charge in [0.1, 0.15) is 0 Å². The number of hydrogen-bond acceptors (Lipinski definition) is 3. The highest BCUT2D eigenvalue weighted by molar-refractivity contribution is 5.85. The first-order valence-corrected chi connectivity index (χ1v) is 10.8. The van der Waals surface area contributed by atoms with E-state index < -0.39 is 5.79 Å². The summed E-state index contributed by atoms with van der Waals surface area (Å²) in [5.41, 5.74) is 5.49. The van der Waals surface area contributed by atoms with Crippen LogP contribution in [-0.4, -0.2) is 22.5 Å². The molecule has 0 fully saturated rings. The fraction of sp³-hybridized carbons (Fsp3) is 1.00. The average Bonchev–Trinajstić information content (AvgIpc) is 2.57. The number of aliphatic hydroxyl groups is 2. The summed E-state index contributed by atoms with van der Waals surface area (Å²) in [5.74, 6) is -1.43. The number of unbranched alkanes of at least 4 members (excludes halogenated alkanes) is 15. The first-order valence-electron chi connectivity index (χ1n) is 10.8. The van der Waals surface area contributed by atoms with Crippen LogP contribution < -0.4 is 5.73 Å². The third-order valence-corrected chi connectivity index (χ3v) is 5.10. The van der Waals surface area contributed by atoms with Crippen molar-refractivity contribution >= 4 is 12.4 Å². The van der Waals surface area contributed by atoms with Crippen LogP contribution in [0, 0.1) is 0 Å². The van der Waals surface area contributed by atoms with Crippen LogP contribution in [0.5, 0.6) is 0 Å². The molecule has 0 aliphatic heterocycles. The molecule has 0 rings (SSSR count). The van der Waals surface area contributed by atoms with Gasteiger partial charge in [-0.25, -0.2) is 0 Å². The smallest absolute Gasteiger partial charge is 0.162 e. The normalized spacial score (nSPS) is 11.5. The van der Waals surface area contributed by atoms with E-state index in [4.69, 9.17) is 5.73 Å². The van der Waals surface area contributed by atoms with Gasteiger partial charge >= 0.3 is 0 Å². The molecule has 0 bridgehead atoms. The van der Waals surface area contributed by atoms with Gasteiger partial charge in [-0.2, -0.15) is 0 Å². The van der Waals surface area contributed by atoms with E-state index in [1.165, 1.54) is 89.9 Å². The van der Waals surface area contributed by atoms with Crippen molar-refractivity contribution in [2.24, 2.45) is 5.73 Å². The summed E-state index contributed by atoms with van der Waals surface area (Å²) in [6, 6.07) is 0. The van der Waals surface area contributed by atoms with E-state index in [9.17, 15) is 10.2 Å². The Morgan fingerprint density at radius 1 is 0.560 bits per heavy atom. The van der Waals surface area contributed by atoms with Crippen LogP contribution in [0.15, 0.2) is 0 Å². The fourth-order valence-corrected chi connectivity index (χ4v) is 3.20. The molecule has 4 N–H and O–H groups in total. The predicted octanol–water partition coefficient (Wildman–Crippen LogP) is 6.09. The van der Waals surface area contributed by atoms with E-state index in [1.54, 1.807) is 0 Å². The maximum Gasteiger partial charge on any atom is 0.162 e. The maximum atomic E-state index is 9.50. The highest BCUT2D eigenvalue weighted by Gasteiger charge is 2.18. The Morgan fingerprint density at radius 2 is 0.840 bits per heavy atom. The monoisotopic (exact) mass is 379 g/mol. The van der Waals surface area contributed by atoms with Gasteiger partial charge in [0.25, 0.3) is 0 Å². The van der Waals surface area contributed by atoms with E-state index in [2.05, 4.69) is 0 Å². The van der Waals surface area contributed by atoms with E-state index in [1.807, 2.05) is 6.92 Å². The van der Waals surface area contributed by atoms with Crippen molar-refractivity contribution in [3.05, 3.63) is 0 Å². The molecule has 0 saturated heterocycles. The van der Waals surface area contributed by atoms with Crippen molar-refractivity contribution in [2.45, 2.75) is 128 Å². The molecule has 0 aromatic heterocycles. The van der Waals surface area contributed by atoms with Gasteiger partial charge < -0.3 is 15.9 Å². The molecule has 0 aliphatic carbocycles. The molecule has 4 heteroatoms. The van der Waals surface area contributed by atoms with Gasteiger partial charge in [-0.15, -0.1) is 12.4 Å². The van der Waals surface area contributed by atoms with Crippen LogP contribution in [0.25, 0.3) is 0 Å². The molecular formula is C21H46ClNO2. The summed E-state index contributed by atoms with van der Waals surface area (Å²) < 4.78 is 0. The molecule has 0 spiro atoms. The molecule has 0 atom stereocenters. The van der Waals surface area contributed by atoms with Crippen LogP contribution >= 0.6 is 12.4 Å². The van der Waals surface area contributed by atoms with Gasteiger partial charge in [-0.3, -0.25) is 0 Å². The van der Waals surface area contributed by atoms with Gasteiger partial charge in [0.15, 0.2) is 5.79 Å². The van der Waals surface area contributed by atoms with Crippen molar-refractivity contribution in [3.63, 3.8) is 0 Å². The highest BCUT2D eigenvalue weighted by Crippen LogP contribution is 2.17. The summed E-state index contributed by atoms with van der Waals surface area (Å²) in [6.45, 7) is 2.67. The second kappa shape index (κ2) is 20.5. The number of halogens is 1. The molecular weight excluding hydrogens is 334 g/mol. The summed E-state index contributed by atoms with van der Waals surface area (Å²) in [4.78, 5) is 0. The molecule has 0 saturated carbocycles. The quantitative estimate of drug-likeness (QED) is 0.188.